The monoisotopic (exact) mass is 249 g/mol. The van der Waals surface area contributed by atoms with Gasteiger partial charge in [0.15, 0.2) is 5.82 Å². The van der Waals surface area contributed by atoms with Crippen LogP contribution in [-0.4, -0.2) is 23.2 Å². The highest BCUT2D eigenvalue weighted by Gasteiger charge is 2.37. The molecule has 4 heteroatoms. The summed E-state index contributed by atoms with van der Waals surface area (Å²) in [4.78, 5) is 4.70. The van der Waals surface area contributed by atoms with Crippen LogP contribution in [0.15, 0.2) is 4.52 Å². The van der Waals surface area contributed by atoms with Crippen molar-refractivity contribution in [2.75, 3.05) is 13.1 Å². The molecule has 0 radical (unpaired) electrons. The molecule has 3 atom stereocenters. The SMILES string of the molecule is CCC1CCC(c2noc(C3(C)CCNC3)n2)C1. The molecule has 4 nitrogen and oxygen atoms in total. The van der Waals surface area contributed by atoms with E-state index in [0.717, 1.165) is 37.1 Å². The molecule has 18 heavy (non-hydrogen) atoms. The van der Waals surface area contributed by atoms with E-state index in [9.17, 15) is 0 Å². The number of hydrogen-bond acceptors (Lipinski definition) is 4. The van der Waals surface area contributed by atoms with Crippen LogP contribution in [0.1, 0.15) is 63.6 Å². The van der Waals surface area contributed by atoms with Crippen LogP contribution in [-0.2, 0) is 5.41 Å². The van der Waals surface area contributed by atoms with Crippen molar-refractivity contribution in [2.45, 2.75) is 57.3 Å². The van der Waals surface area contributed by atoms with E-state index >= 15 is 0 Å². The molecule has 0 bridgehead atoms. The lowest BCUT2D eigenvalue weighted by atomic mass is 9.90. The van der Waals surface area contributed by atoms with E-state index in [1.807, 2.05) is 0 Å². The molecule has 0 aromatic carbocycles. The van der Waals surface area contributed by atoms with Gasteiger partial charge in [-0.15, -0.1) is 0 Å². The second kappa shape index (κ2) is 4.65. The first-order valence-corrected chi connectivity index (χ1v) is 7.26. The molecule has 2 heterocycles. The van der Waals surface area contributed by atoms with Crippen molar-refractivity contribution in [2.24, 2.45) is 5.92 Å². The number of nitrogens with zero attached hydrogens (tertiary/aromatic N) is 2. The fourth-order valence-electron chi connectivity index (χ4n) is 3.33. The third kappa shape index (κ3) is 2.07. The Labute approximate surface area is 109 Å². The van der Waals surface area contributed by atoms with Crippen molar-refractivity contribution < 1.29 is 4.52 Å². The Morgan fingerprint density at radius 2 is 2.33 bits per heavy atom. The van der Waals surface area contributed by atoms with Gasteiger partial charge in [0.25, 0.3) is 0 Å². The maximum atomic E-state index is 5.53. The van der Waals surface area contributed by atoms with Gasteiger partial charge in [0.2, 0.25) is 5.89 Å². The highest BCUT2D eigenvalue weighted by Crippen LogP contribution is 2.39. The second-order valence-electron chi connectivity index (χ2n) is 6.23. The Morgan fingerprint density at radius 3 is 3.00 bits per heavy atom. The van der Waals surface area contributed by atoms with Crippen molar-refractivity contribution in [3.8, 4) is 0 Å². The standard InChI is InChI=1S/C14H23N3O/c1-3-10-4-5-11(8-10)12-16-13(18-17-12)14(2)6-7-15-9-14/h10-11,15H,3-9H2,1-2H3. The van der Waals surface area contributed by atoms with Crippen molar-refractivity contribution in [3.05, 3.63) is 11.7 Å². The average Bonchev–Trinajstić information content (AvgIpc) is 3.08. The van der Waals surface area contributed by atoms with E-state index < -0.39 is 0 Å². The van der Waals surface area contributed by atoms with Gasteiger partial charge in [0.1, 0.15) is 0 Å². The van der Waals surface area contributed by atoms with Crippen LogP contribution < -0.4 is 5.32 Å². The van der Waals surface area contributed by atoms with Crippen LogP contribution in [0, 0.1) is 5.92 Å². The summed E-state index contributed by atoms with van der Waals surface area (Å²) in [6.45, 7) is 6.50. The maximum Gasteiger partial charge on any atom is 0.233 e. The lowest BCUT2D eigenvalue weighted by Crippen LogP contribution is -2.25. The highest BCUT2D eigenvalue weighted by atomic mass is 16.5. The molecule has 1 aromatic heterocycles. The average molecular weight is 249 g/mol. The molecule has 0 spiro atoms. The predicted octanol–water partition coefficient (Wildman–Crippen LogP) is 2.61. The number of aromatic nitrogens is 2. The summed E-state index contributed by atoms with van der Waals surface area (Å²) in [7, 11) is 0. The molecular formula is C14H23N3O. The lowest BCUT2D eigenvalue weighted by Gasteiger charge is -2.16. The van der Waals surface area contributed by atoms with Crippen LogP contribution in [0.5, 0.6) is 0 Å². The molecule has 1 saturated carbocycles. The lowest BCUT2D eigenvalue weighted by molar-refractivity contribution is 0.303. The Kier molecular flexibility index (Phi) is 3.14. The minimum Gasteiger partial charge on any atom is -0.339 e. The normalized spacial score (nSPS) is 36.3. The molecule has 1 aliphatic carbocycles. The van der Waals surface area contributed by atoms with E-state index in [2.05, 4.69) is 24.3 Å². The molecule has 3 rings (SSSR count). The van der Waals surface area contributed by atoms with Gasteiger partial charge in [-0.2, -0.15) is 4.98 Å². The topological polar surface area (TPSA) is 51.0 Å². The van der Waals surface area contributed by atoms with E-state index in [-0.39, 0.29) is 5.41 Å². The molecule has 2 aliphatic rings. The summed E-state index contributed by atoms with van der Waals surface area (Å²) < 4.78 is 5.53. The van der Waals surface area contributed by atoms with Gasteiger partial charge in [-0.3, -0.25) is 0 Å². The van der Waals surface area contributed by atoms with Gasteiger partial charge in [-0.25, -0.2) is 0 Å². The third-order valence-electron chi connectivity index (χ3n) is 4.81. The molecule has 1 saturated heterocycles. The van der Waals surface area contributed by atoms with Crippen LogP contribution in [0.25, 0.3) is 0 Å². The largest absolute Gasteiger partial charge is 0.339 e. The Hall–Kier alpha value is -0.900. The van der Waals surface area contributed by atoms with Gasteiger partial charge in [-0.1, -0.05) is 18.5 Å². The second-order valence-corrected chi connectivity index (χ2v) is 6.23. The van der Waals surface area contributed by atoms with Gasteiger partial charge >= 0.3 is 0 Å². The van der Waals surface area contributed by atoms with Crippen LogP contribution in [0.4, 0.5) is 0 Å². The molecular weight excluding hydrogens is 226 g/mol. The minimum absolute atomic E-state index is 0.0496. The smallest absolute Gasteiger partial charge is 0.233 e. The first-order chi connectivity index (χ1) is 8.71. The quantitative estimate of drug-likeness (QED) is 0.894. The molecule has 100 valence electrons. The molecule has 1 aromatic rings. The van der Waals surface area contributed by atoms with Crippen molar-refractivity contribution in [1.29, 1.82) is 0 Å². The summed E-state index contributed by atoms with van der Waals surface area (Å²) in [6.07, 6.45) is 6.17. The molecule has 1 aliphatic heterocycles. The third-order valence-corrected chi connectivity index (χ3v) is 4.81. The predicted molar refractivity (Wildman–Crippen MR) is 69.5 cm³/mol. The zero-order valence-electron chi connectivity index (χ0n) is 11.4. The summed E-state index contributed by atoms with van der Waals surface area (Å²) in [5.41, 5.74) is 0.0496. The fraction of sp³-hybridized carbons (Fsp3) is 0.857. The van der Waals surface area contributed by atoms with Crippen molar-refractivity contribution in [3.63, 3.8) is 0 Å². The van der Waals surface area contributed by atoms with Gasteiger partial charge < -0.3 is 9.84 Å². The van der Waals surface area contributed by atoms with Crippen LogP contribution in [0.3, 0.4) is 0 Å². The summed E-state index contributed by atoms with van der Waals surface area (Å²) in [5.74, 6) is 3.18. The number of nitrogens with one attached hydrogen (secondary N) is 1. The van der Waals surface area contributed by atoms with Crippen LogP contribution in [0.2, 0.25) is 0 Å². The van der Waals surface area contributed by atoms with Gasteiger partial charge in [-0.05, 0) is 45.1 Å². The molecule has 1 N–H and O–H groups in total. The maximum absolute atomic E-state index is 5.53. The van der Waals surface area contributed by atoms with Gasteiger partial charge in [0, 0.05) is 12.5 Å². The van der Waals surface area contributed by atoms with Crippen molar-refractivity contribution in [1.82, 2.24) is 15.5 Å². The van der Waals surface area contributed by atoms with E-state index in [4.69, 9.17) is 9.51 Å². The van der Waals surface area contributed by atoms with Gasteiger partial charge in [0.05, 0.1) is 5.41 Å². The number of hydrogen-bond donors (Lipinski definition) is 1. The fourth-order valence-corrected chi connectivity index (χ4v) is 3.33. The zero-order chi connectivity index (χ0) is 12.6. The van der Waals surface area contributed by atoms with E-state index in [1.54, 1.807) is 0 Å². The van der Waals surface area contributed by atoms with Crippen LogP contribution >= 0.6 is 0 Å². The van der Waals surface area contributed by atoms with Crippen molar-refractivity contribution >= 4 is 0 Å². The zero-order valence-corrected chi connectivity index (χ0v) is 11.4. The van der Waals surface area contributed by atoms with E-state index in [1.165, 1.54) is 25.7 Å². The first kappa shape index (κ1) is 12.2. The van der Waals surface area contributed by atoms with E-state index in [0.29, 0.717) is 5.92 Å². The summed E-state index contributed by atoms with van der Waals surface area (Å²) in [5, 5.41) is 7.62. The Bertz CT molecular complexity index is 409. The summed E-state index contributed by atoms with van der Waals surface area (Å²) >= 11 is 0. The highest BCUT2D eigenvalue weighted by molar-refractivity contribution is 5.10. The first-order valence-electron chi connectivity index (χ1n) is 7.26. The number of rotatable bonds is 3. The molecule has 2 fully saturated rings. The Balaban J connectivity index is 1.74. The molecule has 0 amide bonds. The molecule has 3 unspecified atom stereocenters. The summed E-state index contributed by atoms with van der Waals surface area (Å²) in [6, 6.07) is 0. The Morgan fingerprint density at radius 1 is 1.44 bits per heavy atom. The minimum atomic E-state index is 0.0496.